The summed E-state index contributed by atoms with van der Waals surface area (Å²) in [5.41, 5.74) is 1.33. The van der Waals surface area contributed by atoms with Crippen LogP contribution in [0.15, 0.2) is 12.4 Å². The first-order valence-electron chi connectivity index (χ1n) is 8.75. The van der Waals surface area contributed by atoms with Crippen LogP contribution < -0.4 is 10.2 Å². The molecule has 0 saturated carbocycles. The zero-order chi connectivity index (χ0) is 17.3. The van der Waals surface area contributed by atoms with Crippen LogP contribution in [-0.4, -0.2) is 35.2 Å². The summed E-state index contributed by atoms with van der Waals surface area (Å²) < 4.78 is 2.37. The first kappa shape index (κ1) is 17.4. The SMILES string of the molecule is CN(C)c1ncc(CNCC2CCCn3cc(C(C)(C)C)nc32)s1. The summed E-state index contributed by atoms with van der Waals surface area (Å²) in [4.78, 5) is 12.7. The van der Waals surface area contributed by atoms with Crippen LogP contribution in [0, 0.1) is 0 Å². The zero-order valence-electron chi connectivity index (χ0n) is 15.5. The lowest BCUT2D eigenvalue weighted by Crippen LogP contribution is -2.26. The van der Waals surface area contributed by atoms with Gasteiger partial charge in [-0.25, -0.2) is 9.97 Å². The van der Waals surface area contributed by atoms with E-state index in [4.69, 9.17) is 4.98 Å². The van der Waals surface area contributed by atoms with Gasteiger partial charge in [0.25, 0.3) is 0 Å². The molecule has 132 valence electrons. The Balaban J connectivity index is 1.61. The first-order chi connectivity index (χ1) is 11.3. The average molecular weight is 348 g/mol. The maximum Gasteiger partial charge on any atom is 0.185 e. The lowest BCUT2D eigenvalue weighted by atomic mass is 9.93. The summed E-state index contributed by atoms with van der Waals surface area (Å²) in [5, 5.41) is 4.68. The van der Waals surface area contributed by atoms with Crippen LogP contribution in [0.3, 0.4) is 0 Å². The molecular weight excluding hydrogens is 318 g/mol. The van der Waals surface area contributed by atoms with Gasteiger partial charge in [0.15, 0.2) is 5.13 Å². The lowest BCUT2D eigenvalue weighted by molar-refractivity contribution is 0.423. The van der Waals surface area contributed by atoms with E-state index in [9.17, 15) is 0 Å². The van der Waals surface area contributed by atoms with Crippen molar-refractivity contribution in [3.05, 3.63) is 28.8 Å². The molecule has 0 bridgehead atoms. The molecule has 0 spiro atoms. The molecule has 24 heavy (non-hydrogen) atoms. The van der Waals surface area contributed by atoms with Crippen molar-refractivity contribution < 1.29 is 0 Å². The third-order valence-corrected chi connectivity index (χ3v) is 5.67. The van der Waals surface area contributed by atoms with Gasteiger partial charge in [0, 0.05) is 62.3 Å². The predicted octanol–water partition coefficient (Wildman–Crippen LogP) is 3.37. The standard InChI is InChI=1S/C18H29N5S/c1-18(2,3)15-12-23-8-6-7-13(16(23)21-15)9-19-10-14-11-20-17(24-14)22(4)5/h11-13,19H,6-10H2,1-5H3. The van der Waals surface area contributed by atoms with Gasteiger partial charge in [-0.15, -0.1) is 11.3 Å². The number of nitrogens with zero attached hydrogens (tertiary/aromatic N) is 4. The van der Waals surface area contributed by atoms with E-state index in [1.54, 1.807) is 11.3 Å². The van der Waals surface area contributed by atoms with Gasteiger partial charge in [-0.2, -0.15) is 0 Å². The fourth-order valence-corrected chi connectivity index (χ4v) is 3.88. The highest BCUT2D eigenvalue weighted by atomic mass is 32.1. The monoisotopic (exact) mass is 347 g/mol. The zero-order valence-corrected chi connectivity index (χ0v) is 16.3. The Kier molecular flexibility index (Phi) is 4.97. The van der Waals surface area contributed by atoms with E-state index in [1.807, 2.05) is 20.3 Å². The van der Waals surface area contributed by atoms with Crippen molar-refractivity contribution in [3.8, 4) is 0 Å². The van der Waals surface area contributed by atoms with Crippen molar-refractivity contribution >= 4 is 16.5 Å². The Hall–Kier alpha value is -1.40. The second-order valence-corrected chi connectivity index (χ2v) is 9.00. The summed E-state index contributed by atoms with van der Waals surface area (Å²) in [5.74, 6) is 1.77. The first-order valence-corrected chi connectivity index (χ1v) is 9.56. The number of anilines is 1. The van der Waals surface area contributed by atoms with Crippen molar-refractivity contribution in [3.63, 3.8) is 0 Å². The van der Waals surface area contributed by atoms with E-state index in [0.29, 0.717) is 5.92 Å². The van der Waals surface area contributed by atoms with E-state index in [2.05, 4.69) is 46.7 Å². The highest BCUT2D eigenvalue weighted by Crippen LogP contribution is 2.30. The molecule has 0 radical (unpaired) electrons. The van der Waals surface area contributed by atoms with E-state index in [-0.39, 0.29) is 5.41 Å². The number of hydrogen-bond donors (Lipinski definition) is 1. The minimum atomic E-state index is 0.119. The molecule has 3 rings (SSSR count). The molecule has 0 saturated heterocycles. The van der Waals surface area contributed by atoms with Gasteiger partial charge in [0.1, 0.15) is 5.82 Å². The molecule has 0 aromatic carbocycles. The van der Waals surface area contributed by atoms with Crippen LogP contribution in [-0.2, 0) is 18.5 Å². The number of aromatic nitrogens is 3. The van der Waals surface area contributed by atoms with Crippen molar-refractivity contribution in [1.82, 2.24) is 19.9 Å². The number of nitrogens with one attached hydrogen (secondary N) is 1. The lowest BCUT2D eigenvalue weighted by Gasteiger charge is -2.23. The van der Waals surface area contributed by atoms with Crippen molar-refractivity contribution in [1.29, 1.82) is 0 Å². The van der Waals surface area contributed by atoms with Gasteiger partial charge in [-0.05, 0) is 12.8 Å². The van der Waals surface area contributed by atoms with Gasteiger partial charge in [-0.1, -0.05) is 20.8 Å². The van der Waals surface area contributed by atoms with Gasteiger partial charge in [0.05, 0.1) is 5.69 Å². The number of hydrogen-bond acceptors (Lipinski definition) is 5. The van der Waals surface area contributed by atoms with Crippen molar-refractivity contribution in [2.24, 2.45) is 0 Å². The molecule has 5 nitrogen and oxygen atoms in total. The van der Waals surface area contributed by atoms with Crippen LogP contribution in [0.5, 0.6) is 0 Å². The van der Waals surface area contributed by atoms with Crippen LogP contribution in [0.1, 0.15) is 55.9 Å². The highest BCUT2D eigenvalue weighted by Gasteiger charge is 2.26. The minimum Gasteiger partial charge on any atom is -0.354 e. The maximum atomic E-state index is 4.96. The molecule has 6 heteroatoms. The Morgan fingerprint density at radius 1 is 1.38 bits per heavy atom. The number of rotatable bonds is 5. The maximum absolute atomic E-state index is 4.96. The Labute approximate surface area is 149 Å². The number of aryl methyl sites for hydroxylation is 1. The topological polar surface area (TPSA) is 46.0 Å². The van der Waals surface area contributed by atoms with Crippen LogP contribution in [0.4, 0.5) is 5.13 Å². The van der Waals surface area contributed by atoms with Crippen LogP contribution >= 0.6 is 11.3 Å². The van der Waals surface area contributed by atoms with E-state index in [0.717, 1.165) is 24.8 Å². The third-order valence-electron chi connectivity index (χ3n) is 4.51. The van der Waals surface area contributed by atoms with Crippen molar-refractivity contribution in [2.75, 3.05) is 25.5 Å². The molecular formula is C18H29N5S. The molecule has 0 amide bonds. The van der Waals surface area contributed by atoms with Crippen molar-refractivity contribution in [2.45, 2.75) is 58.0 Å². The molecule has 2 aromatic rings. The fourth-order valence-electron chi connectivity index (χ4n) is 3.08. The molecule has 3 heterocycles. The quantitative estimate of drug-likeness (QED) is 0.901. The molecule has 1 aliphatic heterocycles. The average Bonchev–Trinajstić information content (AvgIpc) is 3.13. The molecule has 1 aliphatic rings. The number of imidazole rings is 1. The van der Waals surface area contributed by atoms with E-state index in [1.165, 1.54) is 29.2 Å². The predicted molar refractivity (Wildman–Crippen MR) is 101 cm³/mol. The smallest absolute Gasteiger partial charge is 0.185 e. The third kappa shape index (κ3) is 3.81. The molecule has 1 unspecified atom stereocenters. The number of thiazole rings is 1. The molecule has 0 fully saturated rings. The summed E-state index contributed by atoms with van der Waals surface area (Å²) in [6.45, 7) is 9.68. The summed E-state index contributed by atoms with van der Waals surface area (Å²) in [7, 11) is 4.06. The van der Waals surface area contributed by atoms with Gasteiger partial charge >= 0.3 is 0 Å². The largest absolute Gasteiger partial charge is 0.354 e. The second-order valence-electron chi connectivity index (χ2n) is 7.90. The van der Waals surface area contributed by atoms with Gasteiger partial charge in [0.2, 0.25) is 0 Å². The summed E-state index contributed by atoms with van der Waals surface area (Å²) in [6.07, 6.45) is 6.70. The Bertz CT molecular complexity index is 680. The van der Waals surface area contributed by atoms with Gasteiger partial charge < -0.3 is 14.8 Å². The van der Waals surface area contributed by atoms with Crippen LogP contribution in [0.2, 0.25) is 0 Å². The summed E-state index contributed by atoms with van der Waals surface area (Å²) in [6, 6.07) is 0. The number of fused-ring (bicyclic) bond motifs is 1. The van der Waals surface area contributed by atoms with Gasteiger partial charge in [-0.3, -0.25) is 0 Å². The minimum absolute atomic E-state index is 0.119. The second kappa shape index (κ2) is 6.84. The molecule has 2 aromatic heterocycles. The Morgan fingerprint density at radius 2 is 2.17 bits per heavy atom. The highest BCUT2D eigenvalue weighted by molar-refractivity contribution is 7.15. The fraction of sp³-hybridized carbons (Fsp3) is 0.667. The Morgan fingerprint density at radius 3 is 2.83 bits per heavy atom. The van der Waals surface area contributed by atoms with E-state index < -0.39 is 0 Å². The normalized spacial score (nSPS) is 17.8. The van der Waals surface area contributed by atoms with Crippen LogP contribution in [0.25, 0.3) is 0 Å². The van der Waals surface area contributed by atoms with E-state index >= 15 is 0 Å². The molecule has 1 N–H and O–H groups in total. The molecule has 0 aliphatic carbocycles. The molecule has 1 atom stereocenters. The summed E-state index contributed by atoms with van der Waals surface area (Å²) >= 11 is 1.75.